The van der Waals surface area contributed by atoms with Gasteiger partial charge in [-0.25, -0.2) is 4.98 Å². The van der Waals surface area contributed by atoms with Gasteiger partial charge in [0.15, 0.2) is 11.5 Å². The Hall–Kier alpha value is -3.01. The first-order chi connectivity index (χ1) is 15.7. The highest BCUT2D eigenvalue weighted by Crippen LogP contribution is 2.38. The zero-order valence-corrected chi connectivity index (χ0v) is 19.1. The topological polar surface area (TPSA) is 73.8 Å². The van der Waals surface area contributed by atoms with Gasteiger partial charge < -0.3 is 19.1 Å². The Morgan fingerprint density at radius 3 is 2.84 bits per heavy atom. The molecule has 7 nitrogen and oxygen atoms in total. The van der Waals surface area contributed by atoms with Crippen LogP contribution in [0.3, 0.4) is 0 Å². The fourth-order valence-corrected chi connectivity index (χ4v) is 5.03. The fraction of sp³-hybridized carbons (Fsp3) is 0.261. The first-order valence-corrected chi connectivity index (χ1v) is 11.9. The minimum absolute atomic E-state index is 0.0356. The van der Waals surface area contributed by atoms with Crippen molar-refractivity contribution in [3.8, 4) is 22.1 Å². The van der Waals surface area contributed by atoms with Crippen molar-refractivity contribution in [3.63, 3.8) is 0 Å². The summed E-state index contributed by atoms with van der Waals surface area (Å²) in [5.41, 5.74) is 4.37. The number of amides is 1. The van der Waals surface area contributed by atoms with Gasteiger partial charge in [-0.05, 0) is 35.6 Å². The molecular formula is C23H21N3O4S2. The van der Waals surface area contributed by atoms with E-state index in [4.69, 9.17) is 19.2 Å². The molecule has 32 heavy (non-hydrogen) atoms. The molecule has 9 heteroatoms. The zero-order valence-electron chi connectivity index (χ0n) is 17.4. The van der Waals surface area contributed by atoms with Crippen molar-refractivity contribution in [2.75, 3.05) is 27.1 Å². The molecule has 1 aliphatic rings. The number of rotatable bonds is 8. The van der Waals surface area contributed by atoms with Crippen LogP contribution in [0.25, 0.3) is 21.5 Å². The molecule has 1 aromatic carbocycles. The van der Waals surface area contributed by atoms with Gasteiger partial charge in [0.05, 0.1) is 27.8 Å². The van der Waals surface area contributed by atoms with Crippen LogP contribution in [0.15, 0.2) is 47.4 Å². The monoisotopic (exact) mass is 467 g/mol. The van der Waals surface area contributed by atoms with Crippen molar-refractivity contribution in [3.05, 3.63) is 57.9 Å². The van der Waals surface area contributed by atoms with Gasteiger partial charge in [0.2, 0.25) is 6.79 Å². The zero-order chi connectivity index (χ0) is 21.9. The number of hydrogen-bond acceptors (Lipinski definition) is 8. The maximum absolute atomic E-state index is 13.2. The van der Waals surface area contributed by atoms with Gasteiger partial charge in [-0.2, -0.15) is 0 Å². The van der Waals surface area contributed by atoms with Crippen molar-refractivity contribution in [2.24, 2.45) is 0 Å². The summed E-state index contributed by atoms with van der Waals surface area (Å²) in [7, 11) is 1.67. The molecule has 0 fully saturated rings. The highest BCUT2D eigenvalue weighted by atomic mass is 32.1. The first-order valence-electron chi connectivity index (χ1n) is 10.2. The summed E-state index contributed by atoms with van der Waals surface area (Å²) >= 11 is 2.98. The van der Waals surface area contributed by atoms with Crippen molar-refractivity contribution in [1.29, 1.82) is 0 Å². The van der Waals surface area contributed by atoms with Crippen LogP contribution in [-0.2, 0) is 11.3 Å². The molecule has 4 aromatic rings. The number of methoxy groups -OCH3 is 1. The molecule has 1 amide bonds. The Labute approximate surface area is 193 Å². The first kappa shape index (κ1) is 20.9. The summed E-state index contributed by atoms with van der Waals surface area (Å²) in [6.45, 7) is 1.81. The van der Waals surface area contributed by atoms with Crippen LogP contribution in [-0.4, -0.2) is 47.8 Å². The summed E-state index contributed by atoms with van der Waals surface area (Å²) in [5.74, 6) is 1.38. The van der Waals surface area contributed by atoms with Gasteiger partial charge in [0, 0.05) is 38.3 Å². The molecule has 4 heterocycles. The van der Waals surface area contributed by atoms with E-state index in [2.05, 4.69) is 17.1 Å². The number of fused-ring (bicyclic) bond motifs is 2. The van der Waals surface area contributed by atoms with Gasteiger partial charge in [-0.1, -0.05) is 6.07 Å². The second-order valence-electron chi connectivity index (χ2n) is 7.31. The van der Waals surface area contributed by atoms with Gasteiger partial charge in [0.1, 0.15) is 4.88 Å². The second kappa shape index (κ2) is 9.23. The normalized spacial score (nSPS) is 12.4. The molecule has 1 aliphatic heterocycles. The Balaban J connectivity index is 1.56. The number of ether oxygens (including phenoxy) is 3. The Morgan fingerprint density at radius 1 is 1.22 bits per heavy atom. The number of carbonyl (C=O) groups excluding carboxylic acids is 1. The lowest BCUT2D eigenvalue weighted by atomic mass is 10.1. The smallest absolute Gasteiger partial charge is 0.265 e. The van der Waals surface area contributed by atoms with Crippen LogP contribution < -0.4 is 9.47 Å². The molecule has 0 bridgehead atoms. The summed E-state index contributed by atoms with van der Waals surface area (Å²) < 4.78 is 16.3. The number of thiophene rings is 1. The predicted octanol–water partition coefficient (Wildman–Crippen LogP) is 4.83. The minimum Gasteiger partial charge on any atom is -0.454 e. The third kappa shape index (κ3) is 4.19. The molecule has 0 saturated heterocycles. The van der Waals surface area contributed by atoms with Crippen LogP contribution in [0.5, 0.6) is 11.5 Å². The SMILES string of the molecule is COCCCN(Cc1cc2cc3c(cc2nc1-c1cccs1)OCO3)C(=O)c1cncs1. The number of nitrogens with zero attached hydrogens (tertiary/aromatic N) is 3. The van der Waals surface area contributed by atoms with E-state index in [-0.39, 0.29) is 12.7 Å². The van der Waals surface area contributed by atoms with E-state index in [9.17, 15) is 4.79 Å². The van der Waals surface area contributed by atoms with E-state index < -0.39 is 0 Å². The van der Waals surface area contributed by atoms with Gasteiger partial charge in [-0.15, -0.1) is 22.7 Å². The van der Waals surface area contributed by atoms with Gasteiger partial charge >= 0.3 is 0 Å². The fourth-order valence-electron chi connectivity index (χ4n) is 3.69. The van der Waals surface area contributed by atoms with E-state index in [1.54, 1.807) is 30.2 Å². The van der Waals surface area contributed by atoms with E-state index >= 15 is 0 Å². The maximum atomic E-state index is 13.2. The summed E-state index contributed by atoms with van der Waals surface area (Å²) in [4.78, 5) is 25.8. The summed E-state index contributed by atoms with van der Waals surface area (Å²) in [6, 6.07) is 10.0. The maximum Gasteiger partial charge on any atom is 0.265 e. The minimum atomic E-state index is -0.0356. The standard InChI is InChI=1S/C23H21N3O4S2/c1-28-6-3-5-26(23(27)21-11-24-13-32-21)12-16-8-15-9-18-19(30-14-29-18)10-17(15)25-22(16)20-4-2-7-31-20/h2,4,7-11,13H,3,5-6,12,14H2,1H3. The average molecular weight is 468 g/mol. The van der Waals surface area contributed by atoms with Crippen LogP contribution >= 0.6 is 22.7 Å². The average Bonchev–Trinajstić information content (AvgIpc) is 3.58. The molecule has 0 unspecified atom stereocenters. The number of pyridine rings is 1. The molecule has 0 aliphatic carbocycles. The summed E-state index contributed by atoms with van der Waals surface area (Å²) in [6.07, 6.45) is 2.37. The molecular weight excluding hydrogens is 446 g/mol. The number of aromatic nitrogens is 2. The lowest BCUT2D eigenvalue weighted by Gasteiger charge is -2.23. The Bertz CT molecular complexity index is 1230. The predicted molar refractivity (Wildman–Crippen MR) is 125 cm³/mol. The van der Waals surface area contributed by atoms with Gasteiger partial charge in [0.25, 0.3) is 5.91 Å². The van der Waals surface area contributed by atoms with Crippen LogP contribution in [0.2, 0.25) is 0 Å². The molecule has 3 aromatic heterocycles. The highest BCUT2D eigenvalue weighted by molar-refractivity contribution is 7.13. The lowest BCUT2D eigenvalue weighted by molar-refractivity contribution is 0.0728. The third-order valence-corrected chi connectivity index (χ3v) is 6.85. The third-order valence-electron chi connectivity index (χ3n) is 5.21. The van der Waals surface area contributed by atoms with Crippen molar-refractivity contribution in [2.45, 2.75) is 13.0 Å². The van der Waals surface area contributed by atoms with E-state index in [1.807, 2.05) is 28.5 Å². The molecule has 0 saturated carbocycles. The Morgan fingerprint density at radius 2 is 2.09 bits per heavy atom. The molecule has 0 atom stereocenters. The van der Waals surface area contributed by atoms with Crippen molar-refractivity contribution >= 4 is 39.5 Å². The van der Waals surface area contributed by atoms with Crippen molar-refractivity contribution < 1.29 is 19.0 Å². The molecule has 5 rings (SSSR count). The van der Waals surface area contributed by atoms with Crippen molar-refractivity contribution in [1.82, 2.24) is 14.9 Å². The van der Waals surface area contributed by atoms with E-state index in [1.165, 1.54) is 11.3 Å². The second-order valence-corrected chi connectivity index (χ2v) is 9.14. The Kier molecular flexibility index (Phi) is 6.02. The number of thiazole rings is 1. The van der Waals surface area contributed by atoms with Crippen LogP contribution in [0, 0.1) is 0 Å². The van der Waals surface area contributed by atoms with E-state index in [0.29, 0.717) is 36.1 Å². The summed E-state index contributed by atoms with van der Waals surface area (Å²) in [5, 5.41) is 2.98. The van der Waals surface area contributed by atoms with Gasteiger partial charge in [-0.3, -0.25) is 9.78 Å². The van der Waals surface area contributed by atoms with E-state index in [0.717, 1.165) is 33.5 Å². The lowest BCUT2D eigenvalue weighted by Crippen LogP contribution is -2.32. The number of carbonyl (C=O) groups is 1. The molecule has 0 radical (unpaired) electrons. The molecule has 164 valence electrons. The molecule has 0 spiro atoms. The quantitative estimate of drug-likeness (QED) is 0.346. The largest absolute Gasteiger partial charge is 0.454 e. The number of hydrogen-bond donors (Lipinski definition) is 0. The number of benzene rings is 1. The molecule has 0 N–H and O–H groups in total. The van der Waals surface area contributed by atoms with Crippen LogP contribution in [0.4, 0.5) is 0 Å². The van der Waals surface area contributed by atoms with Crippen LogP contribution in [0.1, 0.15) is 21.7 Å². The highest BCUT2D eigenvalue weighted by Gasteiger charge is 2.22.